The van der Waals surface area contributed by atoms with Crippen molar-refractivity contribution in [3.8, 4) is 0 Å². The molecule has 1 saturated heterocycles. The number of fused-ring (bicyclic) bond motifs is 1. The van der Waals surface area contributed by atoms with E-state index in [1.165, 1.54) is 12.0 Å². The van der Waals surface area contributed by atoms with E-state index < -0.39 is 18.1 Å². The van der Waals surface area contributed by atoms with Gasteiger partial charge in [0.25, 0.3) is 5.91 Å². The maximum atomic E-state index is 12.7. The zero-order valence-electron chi connectivity index (χ0n) is 11.6. The lowest BCUT2D eigenvalue weighted by Crippen LogP contribution is -2.41. The van der Waals surface area contributed by atoms with Crippen molar-refractivity contribution in [2.45, 2.75) is 18.6 Å². The van der Waals surface area contributed by atoms with Crippen molar-refractivity contribution in [1.82, 2.24) is 9.88 Å². The van der Waals surface area contributed by atoms with Crippen molar-refractivity contribution in [3.05, 3.63) is 36.0 Å². The van der Waals surface area contributed by atoms with Gasteiger partial charge in [-0.1, -0.05) is 12.1 Å². The summed E-state index contributed by atoms with van der Waals surface area (Å²) in [6.45, 7) is 0.135. The number of aliphatic hydroxyl groups excluding tert-OH is 1. The minimum Gasteiger partial charge on any atom is -0.467 e. The van der Waals surface area contributed by atoms with Crippen molar-refractivity contribution in [2.75, 3.05) is 13.7 Å². The highest BCUT2D eigenvalue weighted by Gasteiger charge is 2.40. The van der Waals surface area contributed by atoms with Gasteiger partial charge in [-0.25, -0.2) is 4.79 Å². The van der Waals surface area contributed by atoms with Crippen LogP contribution in [0.2, 0.25) is 0 Å². The van der Waals surface area contributed by atoms with Crippen molar-refractivity contribution >= 4 is 22.8 Å². The molecule has 2 unspecified atom stereocenters. The highest BCUT2D eigenvalue weighted by atomic mass is 16.5. The lowest BCUT2D eigenvalue weighted by Gasteiger charge is -2.22. The number of amides is 1. The highest BCUT2D eigenvalue weighted by molar-refractivity contribution is 6.06. The summed E-state index contributed by atoms with van der Waals surface area (Å²) in [5.41, 5.74) is 1.22. The molecule has 1 aromatic heterocycles. The Bertz CT molecular complexity index is 694. The summed E-state index contributed by atoms with van der Waals surface area (Å²) in [7, 11) is 1.28. The molecule has 1 amide bonds. The molecule has 2 aromatic rings. The number of likely N-dealkylation sites (tertiary alicyclic amines) is 1. The van der Waals surface area contributed by atoms with Crippen molar-refractivity contribution in [3.63, 3.8) is 0 Å². The number of rotatable bonds is 2. The monoisotopic (exact) mass is 288 g/mol. The Morgan fingerprint density at radius 2 is 2.19 bits per heavy atom. The smallest absolute Gasteiger partial charge is 0.328 e. The van der Waals surface area contributed by atoms with E-state index in [4.69, 9.17) is 4.74 Å². The van der Waals surface area contributed by atoms with Crippen LogP contribution in [-0.2, 0) is 9.53 Å². The predicted molar refractivity (Wildman–Crippen MR) is 75.8 cm³/mol. The lowest BCUT2D eigenvalue weighted by atomic mass is 10.1. The molecule has 2 N–H and O–H groups in total. The summed E-state index contributed by atoms with van der Waals surface area (Å²) in [6.07, 6.45) is 1.26. The Kier molecular flexibility index (Phi) is 3.39. The van der Waals surface area contributed by atoms with Gasteiger partial charge in [0.05, 0.1) is 24.3 Å². The van der Waals surface area contributed by atoms with Crippen LogP contribution in [0.4, 0.5) is 0 Å². The Balaban J connectivity index is 1.97. The molecular weight excluding hydrogens is 272 g/mol. The van der Waals surface area contributed by atoms with Crippen LogP contribution in [0.3, 0.4) is 0 Å². The number of aromatic nitrogens is 1. The van der Waals surface area contributed by atoms with E-state index in [0.717, 1.165) is 10.9 Å². The largest absolute Gasteiger partial charge is 0.467 e. The van der Waals surface area contributed by atoms with Gasteiger partial charge in [0.2, 0.25) is 0 Å². The quantitative estimate of drug-likeness (QED) is 0.805. The number of aromatic amines is 1. The van der Waals surface area contributed by atoms with Crippen LogP contribution in [0, 0.1) is 0 Å². The van der Waals surface area contributed by atoms with E-state index in [2.05, 4.69) is 4.98 Å². The van der Waals surface area contributed by atoms with Gasteiger partial charge < -0.3 is 19.7 Å². The Labute approximate surface area is 121 Å². The number of β-amino-alcohol motifs (C(OH)–C–C–N with tert-alkyl or cyclic N) is 1. The molecule has 0 radical (unpaired) electrons. The third-order valence-corrected chi connectivity index (χ3v) is 3.83. The van der Waals surface area contributed by atoms with Gasteiger partial charge in [0, 0.05) is 24.5 Å². The summed E-state index contributed by atoms with van der Waals surface area (Å²) in [4.78, 5) is 28.9. The van der Waals surface area contributed by atoms with E-state index >= 15 is 0 Å². The number of aliphatic hydroxyl groups is 1. The van der Waals surface area contributed by atoms with Gasteiger partial charge >= 0.3 is 5.97 Å². The third kappa shape index (κ3) is 2.27. The van der Waals surface area contributed by atoms with Gasteiger partial charge in [-0.05, 0) is 12.1 Å². The predicted octanol–water partition coefficient (Wildman–Crippen LogP) is 0.916. The number of ether oxygens (including phenoxy) is 1. The van der Waals surface area contributed by atoms with Crippen LogP contribution in [0.15, 0.2) is 30.5 Å². The minimum atomic E-state index is -0.734. The molecule has 0 saturated carbocycles. The third-order valence-electron chi connectivity index (χ3n) is 3.83. The lowest BCUT2D eigenvalue weighted by molar-refractivity contribution is -0.145. The Hall–Kier alpha value is -2.34. The van der Waals surface area contributed by atoms with Crippen molar-refractivity contribution < 1.29 is 19.4 Å². The maximum Gasteiger partial charge on any atom is 0.328 e. The number of carbonyl (C=O) groups excluding carboxylic acids is 2. The zero-order valence-corrected chi connectivity index (χ0v) is 11.6. The number of nitrogens with one attached hydrogen (secondary N) is 1. The summed E-state index contributed by atoms with van der Waals surface area (Å²) in [6, 6.07) is 6.55. The molecule has 110 valence electrons. The number of esters is 1. The molecule has 0 spiro atoms. The molecule has 1 fully saturated rings. The summed E-state index contributed by atoms with van der Waals surface area (Å²) in [5, 5.41) is 10.7. The molecule has 0 bridgehead atoms. The fourth-order valence-corrected chi connectivity index (χ4v) is 2.82. The highest BCUT2D eigenvalue weighted by Crippen LogP contribution is 2.25. The molecular formula is C15H16N2O4. The van der Waals surface area contributed by atoms with Gasteiger partial charge in [0.1, 0.15) is 6.04 Å². The number of benzene rings is 1. The fraction of sp³-hybridized carbons (Fsp3) is 0.333. The second-order valence-corrected chi connectivity index (χ2v) is 5.13. The average Bonchev–Trinajstić information content (AvgIpc) is 3.11. The van der Waals surface area contributed by atoms with Gasteiger partial charge in [-0.2, -0.15) is 0 Å². The van der Waals surface area contributed by atoms with E-state index in [1.54, 1.807) is 18.3 Å². The van der Waals surface area contributed by atoms with Crippen LogP contribution in [0.1, 0.15) is 16.8 Å². The summed E-state index contributed by atoms with van der Waals surface area (Å²) >= 11 is 0. The molecule has 3 rings (SSSR count). The van der Waals surface area contributed by atoms with Gasteiger partial charge in [-0.3, -0.25) is 4.79 Å². The van der Waals surface area contributed by atoms with E-state index in [-0.39, 0.29) is 18.9 Å². The first-order chi connectivity index (χ1) is 10.1. The summed E-state index contributed by atoms with van der Waals surface area (Å²) in [5.74, 6) is -0.784. The van der Waals surface area contributed by atoms with Crippen LogP contribution < -0.4 is 0 Å². The molecule has 6 heteroatoms. The molecule has 21 heavy (non-hydrogen) atoms. The standard InChI is InChI=1S/C15H16N2O4/c1-21-15(20)12-7-10(18)8-17(12)14(19)11-4-2-3-9-5-6-16-13(9)11/h2-6,10,12,16,18H,7-8H2,1H3. The van der Waals surface area contributed by atoms with E-state index in [0.29, 0.717) is 5.56 Å². The molecule has 1 aliphatic heterocycles. The van der Waals surface area contributed by atoms with Gasteiger partial charge in [-0.15, -0.1) is 0 Å². The SMILES string of the molecule is COC(=O)C1CC(O)CN1C(=O)c1cccc2cc[nH]c12. The topological polar surface area (TPSA) is 82.6 Å². The molecule has 1 aliphatic rings. The zero-order chi connectivity index (χ0) is 15.0. The van der Waals surface area contributed by atoms with E-state index in [9.17, 15) is 14.7 Å². The maximum absolute atomic E-state index is 12.7. The number of H-pyrrole nitrogens is 1. The first kappa shape index (κ1) is 13.6. The number of hydrogen-bond acceptors (Lipinski definition) is 4. The first-order valence-electron chi connectivity index (χ1n) is 6.74. The molecule has 6 nitrogen and oxygen atoms in total. The number of methoxy groups -OCH3 is 1. The van der Waals surface area contributed by atoms with E-state index in [1.807, 2.05) is 12.1 Å². The van der Waals surface area contributed by atoms with Crippen LogP contribution in [0.25, 0.3) is 10.9 Å². The Morgan fingerprint density at radius 3 is 2.95 bits per heavy atom. The van der Waals surface area contributed by atoms with Gasteiger partial charge in [0.15, 0.2) is 0 Å². The normalized spacial score (nSPS) is 21.7. The number of hydrogen-bond donors (Lipinski definition) is 2. The average molecular weight is 288 g/mol. The second-order valence-electron chi connectivity index (χ2n) is 5.13. The van der Waals surface area contributed by atoms with Crippen LogP contribution in [-0.4, -0.2) is 52.7 Å². The first-order valence-corrected chi connectivity index (χ1v) is 6.74. The van der Waals surface area contributed by atoms with Crippen molar-refractivity contribution in [2.24, 2.45) is 0 Å². The number of nitrogens with zero attached hydrogens (tertiary/aromatic N) is 1. The number of carbonyl (C=O) groups is 2. The Morgan fingerprint density at radius 1 is 1.38 bits per heavy atom. The molecule has 2 atom stereocenters. The minimum absolute atomic E-state index is 0.135. The summed E-state index contributed by atoms with van der Waals surface area (Å²) < 4.78 is 4.72. The van der Waals surface area contributed by atoms with Crippen LogP contribution >= 0.6 is 0 Å². The molecule has 0 aliphatic carbocycles. The molecule has 2 heterocycles. The molecule has 1 aromatic carbocycles. The van der Waals surface area contributed by atoms with Crippen molar-refractivity contribution in [1.29, 1.82) is 0 Å². The van der Waals surface area contributed by atoms with Crippen LogP contribution in [0.5, 0.6) is 0 Å². The number of para-hydroxylation sites is 1. The fourth-order valence-electron chi connectivity index (χ4n) is 2.82. The second kappa shape index (κ2) is 5.21.